The van der Waals surface area contributed by atoms with Crippen LogP contribution in [0.25, 0.3) is 0 Å². The van der Waals surface area contributed by atoms with Crippen molar-refractivity contribution in [3.63, 3.8) is 0 Å². The van der Waals surface area contributed by atoms with Crippen molar-refractivity contribution in [1.29, 1.82) is 0 Å². The molecule has 1 fully saturated rings. The number of nitrogens with zero attached hydrogens (tertiary/aromatic N) is 2. The zero-order valence-electron chi connectivity index (χ0n) is 13.6. The highest BCUT2D eigenvalue weighted by molar-refractivity contribution is 5.21. The number of hydrogen-bond donors (Lipinski definition) is 1. The summed E-state index contributed by atoms with van der Waals surface area (Å²) >= 11 is 0. The Bertz CT molecular complexity index is 451. The van der Waals surface area contributed by atoms with Crippen LogP contribution in [0.3, 0.4) is 0 Å². The SMILES string of the molecule is CNC(c1ccccc1F)C(C)CN1CCN(C)C(C)C1. The number of likely N-dealkylation sites (N-methyl/N-ethyl adjacent to an activating group) is 1. The molecule has 0 spiro atoms. The maximum Gasteiger partial charge on any atom is 0.127 e. The van der Waals surface area contributed by atoms with Crippen molar-refractivity contribution in [1.82, 2.24) is 15.1 Å². The number of benzene rings is 1. The van der Waals surface area contributed by atoms with Crippen molar-refractivity contribution in [2.24, 2.45) is 5.92 Å². The molecule has 3 nitrogen and oxygen atoms in total. The van der Waals surface area contributed by atoms with E-state index in [4.69, 9.17) is 0 Å². The second-order valence-corrected chi connectivity index (χ2v) is 6.35. The van der Waals surface area contributed by atoms with Crippen molar-refractivity contribution in [2.75, 3.05) is 40.3 Å². The molecule has 1 aromatic rings. The van der Waals surface area contributed by atoms with E-state index in [9.17, 15) is 4.39 Å². The Morgan fingerprint density at radius 2 is 2.05 bits per heavy atom. The minimum Gasteiger partial charge on any atom is -0.313 e. The molecule has 3 unspecified atom stereocenters. The molecule has 0 aromatic heterocycles. The Labute approximate surface area is 128 Å². The van der Waals surface area contributed by atoms with E-state index in [0.29, 0.717) is 12.0 Å². The van der Waals surface area contributed by atoms with Crippen molar-refractivity contribution >= 4 is 0 Å². The van der Waals surface area contributed by atoms with Crippen LogP contribution in [0.5, 0.6) is 0 Å². The summed E-state index contributed by atoms with van der Waals surface area (Å²) in [6.07, 6.45) is 0. The lowest BCUT2D eigenvalue weighted by atomic mass is 9.93. The summed E-state index contributed by atoms with van der Waals surface area (Å²) in [5, 5.41) is 3.29. The fraction of sp³-hybridized carbons (Fsp3) is 0.647. The molecule has 4 heteroatoms. The molecule has 118 valence electrons. The summed E-state index contributed by atoms with van der Waals surface area (Å²) in [4.78, 5) is 4.90. The van der Waals surface area contributed by atoms with Gasteiger partial charge in [0.05, 0.1) is 0 Å². The van der Waals surface area contributed by atoms with E-state index in [1.165, 1.54) is 0 Å². The largest absolute Gasteiger partial charge is 0.313 e. The molecule has 3 atom stereocenters. The predicted octanol–water partition coefficient (Wildman–Crippen LogP) is 2.36. The van der Waals surface area contributed by atoms with Crippen LogP contribution in [0, 0.1) is 11.7 Å². The number of halogens is 1. The lowest BCUT2D eigenvalue weighted by molar-refractivity contribution is 0.0888. The summed E-state index contributed by atoms with van der Waals surface area (Å²) in [6.45, 7) is 8.77. The van der Waals surface area contributed by atoms with E-state index < -0.39 is 0 Å². The van der Waals surface area contributed by atoms with Crippen LogP contribution in [-0.4, -0.2) is 56.1 Å². The monoisotopic (exact) mass is 293 g/mol. The Kier molecular flexibility index (Phi) is 5.73. The first-order chi connectivity index (χ1) is 10.0. The highest BCUT2D eigenvalue weighted by Gasteiger charge is 2.26. The highest BCUT2D eigenvalue weighted by Crippen LogP contribution is 2.25. The minimum atomic E-state index is -0.115. The molecule has 21 heavy (non-hydrogen) atoms. The van der Waals surface area contributed by atoms with Crippen LogP contribution in [0.2, 0.25) is 0 Å². The Hall–Kier alpha value is -0.970. The molecule has 1 aliphatic rings. The van der Waals surface area contributed by atoms with Gasteiger partial charge >= 0.3 is 0 Å². The van der Waals surface area contributed by atoms with Gasteiger partial charge in [0.2, 0.25) is 0 Å². The van der Waals surface area contributed by atoms with Gasteiger partial charge in [-0.3, -0.25) is 0 Å². The van der Waals surface area contributed by atoms with Gasteiger partial charge in [0, 0.05) is 43.8 Å². The minimum absolute atomic E-state index is 0.0566. The van der Waals surface area contributed by atoms with Gasteiger partial charge in [-0.15, -0.1) is 0 Å². The summed E-state index contributed by atoms with van der Waals surface area (Å²) in [7, 11) is 4.10. The Morgan fingerprint density at radius 1 is 1.33 bits per heavy atom. The van der Waals surface area contributed by atoms with Gasteiger partial charge in [-0.2, -0.15) is 0 Å². The van der Waals surface area contributed by atoms with Crippen molar-refractivity contribution < 1.29 is 4.39 Å². The van der Waals surface area contributed by atoms with E-state index in [2.05, 4.69) is 36.0 Å². The first-order valence-electron chi connectivity index (χ1n) is 7.87. The lowest BCUT2D eigenvalue weighted by Crippen LogP contribution is -2.51. The smallest absolute Gasteiger partial charge is 0.127 e. The topological polar surface area (TPSA) is 18.5 Å². The highest BCUT2D eigenvalue weighted by atomic mass is 19.1. The zero-order chi connectivity index (χ0) is 15.4. The molecular formula is C17H28FN3. The van der Waals surface area contributed by atoms with Crippen molar-refractivity contribution in [3.8, 4) is 0 Å². The molecular weight excluding hydrogens is 265 g/mol. The average molecular weight is 293 g/mol. The maximum atomic E-state index is 14.0. The second-order valence-electron chi connectivity index (χ2n) is 6.35. The third-order valence-electron chi connectivity index (χ3n) is 4.71. The van der Waals surface area contributed by atoms with Crippen molar-refractivity contribution in [3.05, 3.63) is 35.6 Å². The molecule has 1 aromatic carbocycles. The van der Waals surface area contributed by atoms with Crippen LogP contribution in [0.15, 0.2) is 24.3 Å². The summed E-state index contributed by atoms with van der Waals surface area (Å²) in [5.41, 5.74) is 0.773. The van der Waals surface area contributed by atoms with E-state index in [1.54, 1.807) is 12.1 Å². The van der Waals surface area contributed by atoms with E-state index in [1.807, 2.05) is 19.2 Å². The molecule has 2 rings (SSSR count). The van der Waals surface area contributed by atoms with Crippen LogP contribution < -0.4 is 5.32 Å². The van der Waals surface area contributed by atoms with Gasteiger partial charge in [-0.05, 0) is 33.0 Å². The van der Waals surface area contributed by atoms with Gasteiger partial charge in [0.15, 0.2) is 0 Å². The number of nitrogens with one attached hydrogen (secondary N) is 1. The Morgan fingerprint density at radius 3 is 2.67 bits per heavy atom. The first kappa shape index (κ1) is 16.4. The van der Waals surface area contributed by atoms with Gasteiger partial charge in [0.1, 0.15) is 5.82 Å². The standard InChI is InChI=1S/C17H28FN3/c1-13(11-21-10-9-20(4)14(2)12-21)17(19-3)15-7-5-6-8-16(15)18/h5-8,13-14,17,19H,9-12H2,1-4H3. The van der Waals surface area contributed by atoms with Gasteiger partial charge < -0.3 is 15.1 Å². The quantitative estimate of drug-likeness (QED) is 0.899. The average Bonchev–Trinajstić information content (AvgIpc) is 2.46. The Balaban J connectivity index is 2.01. The summed E-state index contributed by atoms with van der Waals surface area (Å²) in [5.74, 6) is 0.248. The fourth-order valence-corrected chi connectivity index (χ4v) is 3.28. The molecule has 1 saturated heterocycles. The molecule has 0 radical (unpaired) electrons. The maximum absolute atomic E-state index is 14.0. The lowest BCUT2D eigenvalue weighted by Gasteiger charge is -2.39. The molecule has 0 amide bonds. The molecule has 1 aliphatic heterocycles. The molecule has 0 saturated carbocycles. The number of hydrogen-bond acceptors (Lipinski definition) is 3. The predicted molar refractivity (Wildman–Crippen MR) is 85.9 cm³/mol. The van der Waals surface area contributed by atoms with Gasteiger partial charge in [-0.25, -0.2) is 4.39 Å². The van der Waals surface area contributed by atoms with Crippen molar-refractivity contribution in [2.45, 2.75) is 25.9 Å². The molecule has 1 heterocycles. The number of rotatable bonds is 5. The summed E-state index contributed by atoms with van der Waals surface area (Å²) in [6, 6.07) is 7.74. The van der Waals surface area contributed by atoms with Crippen LogP contribution >= 0.6 is 0 Å². The zero-order valence-corrected chi connectivity index (χ0v) is 13.6. The van der Waals surface area contributed by atoms with Crippen LogP contribution in [0.1, 0.15) is 25.5 Å². The fourth-order valence-electron chi connectivity index (χ4n) is 3.28. The third-order valence-corrected chi connectivity index (χ3v) is 4.71. The first-order valence-corrected chi connectivity index (χ1v) is 7.87. The molecule has 0 bridgehead atoms. The number of piperazine rings is 1. The third kappa shape index (κ3) is 4.02. The van der Waals surface area contributed by atoms with Crippen LogP contribution in [0.4, 0.5) is 4.39 Å². The van der Waals surface area contributed by atoms with Gasteiger partial charge in [-0.1, -0.05) is 25.1 Å². The molecule has 0 aliphatic carbocycles. The summed E-state index contributed by atoms with van der Waals surface area (Å²) < 4.78 is 14.0. The second kappa shape index (κ2) is 7.34. The van der Waals surface area contributed by atoms with E-state index >= 15 is 0 Å². The van der Waals surface area contributed by atoms with E-state index in [-0.39, 0.29) is 11.9 Å². The molecule has 1 N–H and O–H groups in total. The normalized spacial score (nSPS) is 24.0. The van der Waals surface area contributed by atoms with Crippen LogP contribution in [-0.2, 0) is 0 Å². The van der Waals surface area contributed by atoms with Gasteiger partial charge in [0.25, 0.3) is 0 Å². The van der Waals surface area contributed by atoms with E-state index in [0.717, 1.165) is 31.7 Å².